The zero-order valence-corrected chi connectivity index (χ0v) is 14.7. The fourth-order valence-electron chi connectivity index (χ4n) is 2.90. The molecule has 0 bridgehead atoms. The number of rotatable bonds is 7. The molecule has 0 radical (unpaired) electrons. The third-order valence-electron chi connectivity index (χ3n) is 4.68. The number of hydrogen-bond acceptors (Lipinski definition) is 4. The molecule has 5 nitrogen and oxygen atoms in total. The highest BCUT2D eigenvalue weighted by atomic mass is 16.5. The molecule has 24 heavy (non-hydrogen) atoms. The molecule has 0 spiro atoms. The minimum Gasteiger partial charge on any atom is -0.483 e. The molecule has 1 atom stereocenters. The van der Waals surface area contributed by atoms with E-state index in [4.69, 9.17) is 10.00 Å². The maximum absolute atomic E-state index is 12.4. The van der Waals surface area contributed by atoms with Gasteiger partial charge < -0.3 is 9.64 Å². The minimum absolute atomic E-state index is 0.0360. The topological polar surface area (TPSA) is 56.6 Å². The van der Waals surface area contributed by atoms with Crippen LogP contribution >= 0.6 is 0 Å². The van der Waals surface area contributed by atoms with E-state index in [2.05, 4.69) is 30.9 Å². The molecule has 1 saturated heterocycles. The number of hydrogen-bond donors (Lipinski definition) is 0. The Balaban J connectivity index is 1.83. The van der Waals surface area contributed by atoms with Crippen molar-refractivity contribution in [3.8, 4) is 11.8 Å². The number of benzene rings is 1. The molecule has 1 aromatic rings. The molecular formula is C19H27N3O2. The second kappa shape index (κ2) is 9.29. The molecule has 1 fully saturated rings. The van der Waals surface area contributed by atoms with Gasteiger partial charge in [-0.2, -0.15) is 5.26 Å². The lowest BCUT2D eigenvalue weighted by atomic mass is 9.98. The van der Waals surface area contributed by atoms with Crippen molar-refractivity contribution in [1.29, 1.82) is 5.26 Å². The van der Waals surface area contributed by atoms with Gasteiger partial charge in [0.2, 0.25) is 0 Å². The lowest BCUT2D eigenvalue weighted by Crippen LogP contribution is -2.50. The van der Waals surface area contributed by atoms with Crippen molar-refractivity contribution in [2.24, 2.45) is 0 Å². The number of amides is 1. The third-order valence-corrected chi connectivity index (χ3v) is 4.68. The monoisotopic (exact) mass is 329 g/mol. The molecule has 0 saturated carbocycles. The maximum atomic E-state index is 12.4. The Morgan fingerprint density at radius 3 is 2.67 bits per heavy atom. The summed E-state index contributed by atoms with van der Waals surface area (Å²) in [6.45, 7) is 8.28. The molecule has 0 N–H and O–H groups in total. The Morgan fingerprint density at radius 1 is 1.29 bits per heavy atom. The molecule has 1 heterocycles. The minimum atomic E-state index is 0.0360. The number of ether oxygens (including phenoxy) is 1. The molecule has 0 aliphatic carbocycles. The van der Waals surface area contributed by atoms with Gasteiger partial charge in [-0.05, 0) is 24.0 Å². The Morgan fingerprint density at radius 2 is 2.00 bits per heavy atom. The summed E-state index contributed by atoms with van der Waals surface area (Å²) in [5, 5.41) is 8.64. The summed E-state index contributed by atoms with van der Waals surface area (Å²) in [6.07, 6.45) is 1.59. The van der Waals surface area contributed by atoms with Crippen LogP contribution in [0.1, 0.15) is 38.2 Å². The summed E-state index contributed by atoms with van der Waals surface area (Å²) in [4.78, 5) is 16.5. The molecule has 130 valence electrons. The second-order valence-electron chi connectivity index (χ2n) is 6.27. The SMILES string of the molecule is CCC(C)c1ccccc1OCC(=O)N1CCN(CCC#N)CC1. The van der Waals surface area contributed by atoms with E-state index >= 15 is 0 Å². The van der Waals surface area contributed by atoms with Crippen LogP contribution in [0.2, 0.25) is 0 Å². The molecule has 5 heteroatoms. The van der Waals surface area contributed by atoms with Gasteiger partial charge in [0.1, 0.15) is 5.75 Å². The summed E-state index contributed by atoms with van der Waals surface area (Å²) >= 11 is 0. The van der Waals surface area contributed by atoms with Crippen LogP contribution in [0.3, 0.4) is 0 Å². The zero-order valence-electron chi connectivity index (χ0n) is 14.7. The Labute approximate surface area is 144 Å². The van der Waals surface area contributed by atoms with E-state index in [1.165, 1.54) is 0 Å². The highest BCUT2D eigenvalue weighted by molar-refractivity contribution is 5.78. The smallest absolute Gasteiger partial charge is 0.260 e. The second-order valence-corrected chi connectivity index (χ2v) is 6.27. The highest BCUT2D eigenvalue weighted by Crippen LogP contribution is 2.28. The van der Waals surface area contributed by atoms with Crippen LogP contribution in [0.4, 0.5) is 0 Å². The largest absolute Gasteiger partial charge is 0.483 e. The predicted octanol–water partition coefficient (Wildman–Crippen LogP) is 2.64. The van der Waals surface area contributed by atoms with Crippen molar-refractivity contribution in [1.82, 2.24) is 9.80 Å². The number of carbonyl (C=O) groups excluding carboxylic acids is 1. The van der Waals surface area contributed by atoms with Gasteiger partial charge in [-0.3, -0.25) is 9.69 Å². The van der Waals surface area contributed by atoms with Crippen LogP contribution in [0.25, 0.3) is 0 Å². The summed E-state index contributed by atoms with van der Waals surface area (Å²) in [5.41, 5.74) is 1.16. The lowest BCUT2D eigenvalue weighted by Gasteiger charge is -2.34. The van der Waals surface area contributed by atoms with Gasteiger partial charge in [0.15, 0.2) is 6.61 Å². The van der Waals surface area contributed by atoms with Crippen LogP contribution in [-0.4, -0.2) is 55.0 Å². The molecule has 1 amide bonds. The number of piperazine rings is 1. The highest BCUT2D eigenvalue weighted by Gasteiger charge is 2.21. The molecule has 1 aliphatic heterocycles. The summed E-state index contributed by atoms with van der Waals surface area (Å²) in [5.74, 6) is 1.27. The number of nitriles is 1. The van der Waals surface area contributed by atoms with E-state index in [0.717, 1.165) is 37.4 Å². The molecular weight excluding hydrogens is 302 g/mol. The van der Waals surface area contributed by atoms with E-state index in [0.29, 0.717) is 25.4 Å². The fourth-order valence-corrected chi connectivity index (χ4v) is 2.90. The molecule has 2 rings (SSSR count). The number of para-hydroxylation sites is 1. The van der Waals surface area contributed by atoms with Crippen LogP contribution in [0.5, 0.6) is 5.75 Å². The first-order valence-electron chi connectivity index (χ1n) is 8.74. The van der Waals surface area contributed by atoms with Gasteiger partial charge in [0.25, 0.3) is 5.91 Å². The Bertz CT molecular complexity index is 574. The van der Waals surface area contributed by atoms with E-state index in [9.17, 15) is 4.79 Å². The zero-order chi connectivity index (χ0) is 17.4. The van der Waals surface area contributed by atoms with Gasteiger partial charge >= 0.3 is 0 Å². The van der Waals surface area contributed by atoms with Crippen molar-refractivity contribution in [2.75, 3.05) is 39.3 Å². The first-order chi connectivity index (χ1) is 11.7. The van der Waals surface area contributed by atoms with Crippen LogP contribution < -0.4 is 4.74 Å². The lowest BCUT2D eigenvalue weighted by molar-refractivity contribution is -0.135. The third kappa shape index (κ3) is 4.97. The predicted molar refractivity (Wildman–Crippen MR) is 93.9 cm³/mol. The molecule has 1 unspecified atom stereocenters. The van der Waals surface area contributed by atoms with Crippen molar-refractivity contribution >= 4 is 5.91 Å². The van der Waals surface area contributed by atoms with E-state index in [1.807, 2.05) is 23.1 Å². The average Bonchev–Trinajstić information content (AvgIpc) is 2.64. The Hall–Kier alpha value is -2.06. The summed E-state index contributed by atoms with van der Waals surface area (Å²) < 4.78 is 5.82. The van der Waals surface area contributed by atoms with E-state index in [-0.39, 0.29) is 12.5 Å². The van der Waals surface area contributed by atoms with Gasteiger partial charge in [-0.1, -0.05) is 32.0 Å². The van der Waals surface area contributed by atoms with Crippen LogP contribution in [-0.2, 0) is 4.79 Å². The van der Waals surface area contributed by atoms with E-state index in [1.54, 1.807) is 0 Å². The number of nitrogens with zero attached hydrogens (tertiary/aromatic N) is 3. The normalized spacial score (nSPS) is 16.5. The summed E-state index contributed by atoms with van der Waals surface area (Å²) in [6, 6.07) is 10.1. The van der Waals surface area contributed by atoms with Crippen molar-refractivity contribution in [3.05, 3.63) is 29.8 Å². The first-order valence-corrected chi connectivity index (χ1v) is 8.74. The fraction of sp³-hybridized carbons (Fsp3) is 0.579. The maximum Gasteiger partial charge on any atom is 0.260 e. The van der Waals surface area contributed by atoms with Gasteiger partial charge in [0.05, 0.1) is 6.07 Å². The van der Waals surface area contributed by atoms with E-state index < -0.39 is 0 Å². The Kier molecular flexibility index (Phi) is 7.07. The van der Waals surface area contributed by atoms with Crippen molar-refractivity contribution in [2.45, 2.75) is 32.6 Å². The number of carbonyl (C=O) groups is 1. The van der Waals surface area contributed by atoms with Crippen LogP contribution in [0.15, 0.2) is 24.3 Å². The van der Waals surface area contributed by atoms with Gasteiger partial charge in [0, 0.05) is 39.1 Å². The van der Waals surface area contributed by atoms with Gasteiger partial charge in [-0.15, -0.1) is 0 Å². The quantitative estimate of drug-likeness (QED) is 0.772. The molecule has 0 aromatic heterocycles. The average molecular weight is 329 g/mol. The molecule has 1 aromatic carbocycles. The van der Waals surface area contributed by atoms with Crippen molar-refractivity contribution < 1.29 is 9.53 Å². The van der Waals surface area contributed by atoms with Gasteiger partial charge in [-0.25, -0.2) is 0 Å². The standard InChI is InChI=1S/C19H27N3O2/c1-3-16(2)17-7-4-5-8-18(17)24-15-19(23)22-13-11-21(12-14-22)10-6-9-20/h4-5,7-8,16H,3,6,10-15H2,1-2H3. The van der Waals surface area contributed by atoms with Crippen LogP contribution in [0, 0.1) is 11.3 Å². The first kappa shape index (κ1) is 18.3. The van der Waals surface area contributed by atoms with Crippen molar-refractivity contribution in [3.63, 3.8) is 0 Å². The molecule has 1 aliphatic rings. The summed E-state index contributed by atoms with van der Waals surface area (Å²) in [7, 11) is 0.